The number of hydrogen-bond donors (Lipinski definition) is 1. The first-order valence-electron chi connectivity index (χ1n) is 9.96. The van der Waals surface area contributed by atoms with Crippen LogP contribution in [0.3, 0.4) is 0 Å². The Morgan fingerprint density at radius 1 is 0.857 bits per heavy atom. The van der Waals surface area contributed by atoms with Crippen molar-refractivity contribution in [2.24, 2.45) is 0 Å². The smallest absolute Gasteiger partial charge is 0.220 e. The van der Waals surface area contributed by atoms with Crippen molar-refractivity contribution in [3.63, 3.8) is 0 Å². The molecule has 3 rings (SSSR count). The van der Waals surface area contributed by atoms with Gasteiger partial charge in [-0.05, 0) is 37.0 Å². The normalized spacial score (nSPS) is 12.4. The molecule has 1 aliphatic heterocycles. The molecule has 1 aliphatic rings. The second kappa shape index (κ2) is 10.5. The van der Waals surface area contributed by atoms with E-state index < -0.39 is 0 Å². The molecule has 148 valence electrons. The summed E-state index contributed by atoms with van der Waals surface area (Å²) in [7, 11) is 0. The third kappa shape index (κ3) is 6.12. The summed E-state index contributed by atoms with van der Waals surface area (Å²) in [5.41, 5.74) is 1.88. The van der Waals surface area contributed by atoms with Crippen LogP contribution in [0.1, 0.15) is 48.0 Å². The number of hydrogen-bond acceptors (Lipinski definition) is 4. The van der Waals surface area contributed by atoms with E-state index in [4.69, 9.17) is 9.47 Å². The molecule has 5 heteroatoms. The van der Waals surface area contributed by atoms with E-state index in [2.05, 4.69) is 5.32 Å². The van der Waals surface area contributed by atoms with E-state index in [-0.39, 0.29) is 11.7 Å². The Bertz CT molecular complexity index is 788. The molecule has 1 heterocycles. The molecule has 0 bridgehead atoms. The van der Waals surface area contributed by atoms with Crippen LogP contribution < -0.4 is 14.8 Å². The van der Waals surface area contributed by atoms with Gasteiger partial charge in [0.25, 0.3) is 0 Å². The molecule has 5 nitrogen and oxygen atoms in total. The van der Waals surface area contributed by atoms with Gasteiger partial charge in [-0.15, -0.1) is 0 Å². The van der Waals surface area contributed by atoms with E-state index in [1.54, 1.807) is 0 Å². The first kappa shape index (κ1) is 19.9. The van der Waals surface area contributed by atoms with Gasteiger partial charge in [0.2, 0.25) is 5.91 Å². The van der Waals surface area contributed by atoms with Crippen molar-refractivity contribution in [2.45, 2.75) is 38.5 Å². The first-order valence-corrected chi connectivity index (χ1v) is 9.96. The number of amides is 1. The van der Waals surface area contributed by atoms with Crippen LogP contribution >= 0.6 is 0 Å². The number of carbonyl (C=O) groups excluding carboxylic acids is 2. The summed E-state index contributed by atoms with van der Waals surface area (Å²) >= 11 is 0. The Kier molecular flexibility index (Phi) is 7.47. The number of unbranched alkanes of at least 4 members (excludes halogenated alkanes) is 2. The molecule has 2 aromatic rings. The lowest BCUT2D eigenvalue weighted by Gasteiger charge is -2.18. The fourth-order valence-electron chi connectivity index (χ4n) is 3.19. The maximum Gasteiger partial charge on any atom is 0.220 e. The molecule has 28 heavy (non-hydrogen) atoms. The fraction of sp³-hybridized carbons (Fsp3) is 0.391. The molecule has 0 aliphatic carbocycles. The summed E-state index contributed by atoms with van der Waals surface area (Å²) in [5.74, 6) is 1.79. The van der Waals surface area contributed by atoms with Crippen molar-refractivity contribution >= 4 is 11.7 Å². The van der Waals surface area contributed by atoms with Crippen LogP contribution in [0, 0.1) is 0 Å². The highest BCUT2D eigenvalue weighted by atomic mass is 16.6. The van der Waals surface area contributed by atoms with E-state index >= 15 is 0 Å². The van der Waals surface area contributed by atoms with Gasteiger partial charge in [0.1, 0.15) is 13.2 Å². The maximum absolute atomic E-state index is 12.0. The Morgan fingerprint density at radius 3 is 2.43 bits per heavy atom. The fourth-order valence-corrected chi connectivity index (χ4v) is 3.19. The molecule has 1 amide bonds. The lowest BCUT2D eigenvalue weighted by Crippen LogP contribution is -2.25. The van der Waals surface area contributed by atoms with Crippen LogP contribution in [-0.2, 0) is 11.2 Å². The number of rotatable bonds is 10. The maximum atomic E-state index is 12.0. The Morgan fingerprint density at radius 2 is 1.61 bits per heavy atom. The highest BCUT2D eigenvalue weighted by molar-refractivity contribution is 5.95. The number of fused-ring (bicyclic) bond motifs is 1. The summed E-state index contributed by atoms with van der Waals surface area (Å²) in [5, 5.41) is 2.96. The summed E-state index contributed by atoms with van der Waals surface area (Å²) in [6.45, 7) is 1.76. The highest BCUT2D eigenvalue weighted by Gasteiger charge is 2.11. The zero-order valence-corrected chi connectivity index (χ0v) is 16.1. The molecule has 2 aromatic carbocycles. The van der Waals surface area contributed by atoms with E-state index in [9.17, 15) is 9.59 Å². The zero-order valence-electron chi connectivity index (χ0n) is 16.1. The lowest BCUT2D eigenvalue weighted by atomic mass is 10.0. The summed E-state index contributed by atoms with van der Waals surface area (Å²) in [4.78, 5) is 24.0. The van der Waals surface area contributed by atoms with Crippen molar-refractivity contribution < 1.29 is 19.1 Å². The van der Waals surface area contributed by atoms with Crippen LogP contribution in [-0.4, -0.2) is 31.4 Å². The van der Waals surface area contributed by atoms with Crippen LogP contribution in [0.15, 0.2) is 48.5 Å². The van der Waals surface area contributed by atoms with Gasteiger partial charge in [0, 0.05) is 24.9 Å². The van der Waals surface area contributed by atoms with Crippen molar-refractivity contribution in [1.29, 1.82) is 0 Å². The van der Waals surface area contributed by atoms with Gasteiger partial charge < -0.3 is 14.8 Å². The third-order valence-electron chi connectivity index (χ3n) is 4.75. The van der Waals surface area contributed by atoms with Crippen LogP contribution in [0.2, 0.25) is 0 Å². The van der Waals surface area contributed by atoms with Crippen molar-refractivity contribution in [3.05, 3.63) is 59.7 Å². The minimum Gasteiger partial charge on any atom is -0.486 e. The number of benzene rings is 2. The topological polar surface area (TPSA) is 64.6 Å². The predicted molar refractivity (Wildman–Crippen MR) is 108 cm³/mol. The Balaban J connectivity index is 1.26. The van der Waals surface area contributed by atoms with Gasteiger partial charge in [-0.2, -0.15) is 0 Å². The number of Topliss-reactive ketones (excluding diaryl/α,β-unsaturated/α-hetero) is 1. The quantitative estimate of drug-likeness (QED) is 0.500. The number of nitrogens with one attached hydrogen (secondary N) is 1. The van der Waals surface area contributed by atoms with Gasteiger partial charge in [-0.1, -0.05) is 42.8 Å². The van der Waals surface area contributed by atoms with E-state index in [1.807, 2.05) is 48.5 Å². The molecule has 0 atom stereocenters. The van der Waals surface area contributed by atoms with Crippen molar-refractivity contribution in [3.8, 4) is 11.5 Å². The molecule has 0 fully saturated rings. The highest BCUT2D eigenvalue weighted by Crippen LogP contribution is 2.30. The number of carbonyl (C=O) groups is 2. The van der Waals surface area contributed by atoms with Crippen molar-refractivity contribution in [2.75, 3.05) is 19.8 Å². The molecule has 0 radical (unpaired) electrons. The van der Waals surface area contributed by atoms with E-state index in [1.165, 1.54) is 0 Å². The minimum absolute atomic E-state index is 0.0620. The summed E-state index contributed by atoms with van der Waals surface area (Å²) in [6, 6.07) is 15.2. The van der Waals surface area contributed by atoms with Crippen LogP contribution in [0.5, 0.6) is 11.5 Å². The molecule has 0 spiro atoms. The molecule has 1 N–H and O–H groups in total. The van der Waals surface area contributed by atoms with Gasteiger partial charge in [-0.3, -0.25) is 9.59 Å². The third-order valence-corrected chi connectivity index (χ3v) is 4.75. The standard InChI is InChI=1S/C23H27NO4/c25-20(19-7-3-1-4-8-19)9-5-2-6-10-23(26)24-14-13-18-11-12-21-22(17-18)28-16-15-27-21/h1,3-4,7-8,11-12,17H,2,5-6,9-10,13-16H2,(H,24,26). The van der Waals surface area contributed by atoms with E-state index in [0.29, 0.717) is 32.6 Å². The Labute approximate surface area is 166 Å². The second-order valence-corrected chi connectivity index (χ2v) is 6.93. The monoisotopic (exact) mass is 381 g/mol. The molecule has 0 unspecified atom stereocenters. The molecule has 0 saturated heterocycles. The summed E-state index contributed by atoms with van der Waals surface area (Å²) in [6.07, 6.45) is 4.30. The van der Waals surface area contributed by atoms with Crippen LogP contribution in [0.25, 0.3) is 0 Å². The lowest BCUT2D eigenvalue weighted by molar-refractivity contribution is -0.121. The van der Waals surface area contributed by atoms with Gasteiger partial charge in [-0.25, -0.2) is 0 Å². The molecular formula is C23H27NO4. The summed E-state index contributed by atoms with van der Waals surface area (Å²) < 4.78 is 11.1. The minimum atomic E-state index is 0.0620. The average Bonchev–Trinajstić information content (AvgIpc) is 2.74. The molecule has 0 aromatic heterocycles. The SMILES string of the molecule is O=C(CCCCCC(=O)c1ccccc1)NCCc1ccc2c(c1)OCCO2. The largest absolute Gasteiger partial charge is 0.486 e. The van der Waals surface area contributed by atoms with E-state index in [0.717, 1.165) is 48.3 Å². The number of ketones is 1. The average molecular weight is 381 g/mol. The molecular weight excluding hydrogens is 354 g/mol. The van der Waals surface area contributed by atoms with Crippen molar-refractivity contribution in [1.82, 2.24) is 5.32 Å². The zero-order chi connectivity index (χ0) is 19.6. The van der Waals surface area contributed by atoms with Gasteiger partial charge in [0.05, 0.1) is 0 Å². The number of ether oxygens (including phenoxy) is 2. The van der Waals surface area contributed by atoms with Gasteiger partial charge >= 0.3 is 0 Å². The first-order chi connectivity index (χ1) is 13.7. The predicted octanol–water partition coefficient (Wildman–Crippen LogP) is 3.95. The van der Waals surface area contributed by atoms with Gasteiger partial charge in [0.15, 0.2) is 17.3 Å². The molecule has 0 saturated carbocycles. The Hall–Kier alpha value is -2.82. The van der Waals surface area contributed by atoms with Crippen LogP contribution in [0.4, 0.5) is 0 Å². The second-order valence-electron chi connectivity index (χ2n) is 6.93.